The van der Waals surface area contributed by atoms with Crippen LogP contribution in [0.2, 0.25) is 0 Å². The summed E-state index contributed by atoms with van der Waals surface area (Å²) < 4.78 is 20.9. The second-order valence-corrected chi connectivity index (χ2v) is 7.18. The third-order valence-electron chi connectivity index (χ3n) is 3.33. The molecule has 1 aromatic carbocycles. The molecule has 0 saturated heterocycles. The molecule has 0 aliphatic rings. The minimum Gasteiger partial charge on any atom is -0.249 e. The van der Waals surface area contributed by atoms with E-state index in [2.05, 4.69) is 15.1 Å². The zero-order valence-electron chi connectivity index (χ0n) is 11.8. The SMILES string of the molecule is Cc1nc2ncnn2cc1Cc1ccc(S(C)(=N)=O)cc1. The number of benzene rings is 1. The van der Waals surface area contributed by atoms with Crippen LogP contribution in [-0.4, -0.2) is 30.0 Å². The summed E-state index contributed by atoms with van der Waals surface area (Å²) in [6, 6.07) is 7.30. The molecule has 6 nitrogen and oxygen atoms in total. The van der Waals surface area contributed by atoms with Crippen molar-refractivity contribution in [1.29, 1.82) is 4.78 Å². The van der Waals surface area contributed by atoms with Crippen molar-refractivity contribution in [3.63, 3.8) is 0 Å². The zero-order chi connectivity index (χ0) is 15.0. The molecule has 2 aromatic heterocycles. The average Bonchev–Trinajstić information content (AvgIpc) is 2.86. The maximum atomic E-state index is 11.7. The largest absolute Gasteiger partial charge is 0.252 e. The van der Waals surface area contributed by atoms with Crippen molar-refractivity contribution in [2.75, 3.05) is 6.26 Å². The molecule has 1 N–H and O–H groups in total. The first-order valence-corrected chi connectivity index (χ1v) is 8.39. The van der Waals surface area contributed by atoms with E-state index in [0.717, 1.165) is 16.8 Å². The van der Waals surface area contributed by atoms with Gasteiger partial charge in [0, 0.05) is 29.5 Å². The standard InChI is InChI=1S/C14H15N5OS/c1-10-12(8-19-14(18-10)16-9-17-19)7-11-3-5-13(6-4-11)21(2,15)20/h3-6,8-9,15H,7H2,1-2H3. The van der Waals surface area contributed by atoms with Gasteiger partial charge in [-0.2, -0.15) is 10.1 Å². The number of nitrogens with one attached hydrogen (secondary N) is 1. The highest BCUT2D eigenvalue weighted by molar-refractivity contribution is 7.91. The van der Waals surface area contributed by atoms with E-state index in [1.165, 1.54) is 12.6 Å². The third kappa shape index (κ3) is 2.78. The normalized spacial score (nSPS) is 14.2. The van der Waals surface area contributed by atoms with E-state index in [9.17, 15) is 4.21 Å². The molecule has 3 rings (SSSR count). The monoisotopic (exact) mass is 301 g/mol. The highest BCUT2D eigenvalue weighted by Crippen LogP contribution is 2.16. The molecule has 0 aliphatic heterocycles. The lowest BCUT2D eigenvalue weighted by Crippen LogP contribution is -2.01. The molecule has 2 heterocycles. The van der Waals surface area contributed by atoms with Crippen LogP contribution in [0.1, 0.15) is 16.8 Å². The second kappa shape index (κ2) is 4.92. The molecular formula is C14H15N5OS. The van der Waals surface area contributed by atoms with Crippen molar-refractivity contribution in [2.45, 2.75) is 18.2 Å². The van der Waals surface area contributed by atoms with Gasteiger partial charge in [-0.3, -0.25) is 0 Å². The molecule has 3 aromatic rings. The number of fused-ring (bicyclic) bond motifs is 1. The summed E-state index contributed by atoms with van der Waals surface area (Å²) in [6.07, 6.45) is 5.53. The van der Waals surface area contributed by atoms with Crippen LogP contribution >= 0.6 is 0 Å². The van der Waals surface area contributed by atoms with Crippen LogP contribution < -0.4 is 0 Å². The van der Waals surface area contributed by atoms with Crippen molar-refractivity contribution < 1.29 is 4.21 Å². The molecule has 0 fully saturated rings. The van der Waals surface area contributed by atoms with E-state index in [4.69, 9.17) is 4.78 Å². The molecule has 0 amide bonds. The third-order valence-corrected chi connectivity index (χ3v) is 4.50. The van der Waals surface area contributed by atoms with E-state index in [0.29, 0.717) is 17.1 Å². The fraction of sp³-hybridized carbons (Fsp3) is 0.214. The van der Waals surface area contributed by atoms with Gasteiger partial charge in [-0.25, -0.2) is 18.5 Å². The molecule has 108 valence electrons. The van der Waals surface area contributed by atoms with Crippen LogP contribution in [0, 0.1) is 11.7 Å². The molecule has 1 unspecified atom stereocenters. The number of nitrogens with zero attached hydrogens (tertiary/aromatic N) is 4. The highest BCUT2D eigenvalue weighted by atomic mass is 32.2. The maximum Gasteiger partial charge on any atom is 0.252 e. The molecule has 0 aliphatic carbocycles. The smallest absolute Gasteiger partial charge is 0.249 e. The predicted molar refractivity (Wildman–Crippen MR) is 79.8 cm³/mol. The second-order valence-electron chi connectivity index (χ2n) is 5.02. The lowest BCUT2D eigenvalue weighted by Gasteiger charge is -2.07. The predicted octanol–water partition coefficient (Wildman–Crippen LogP) is 2.06. The zero-order valence-corrected chi connectivity index (χ0v) is 12.6. The van der Waals surface area contributed by atoms with Crippen LogP contribution in [0.5, 0.6) is 0 Å². The van der Waals surface area contributed by atoms with Gasteiger partial charge >= 0.3 is 0 Å². The average molecular weight is 301 g/mol. The lowest BCUT2D eigenvalue weighted by atomic mass is 10.1. The Morgan fingerprint density at radius 1 is 1.29 bits per heavy atom. The summed E-state index contributed by atoms with van der Waals surface area (Å²) in [5, 5.41) is 4.09. The quantitative estimate of drug-likeness (QED) is 0.802. The first kappa shape index (κ1) is 13.7. The van der Waals surface area contributed by atoms with Gasteiger partial charge in [0.05, 0.1) is 9.73 Å². The van der Waals surface area contributed by atoms with Gasteiger partial charge in [0.2, 0.25) is 0 Å². The Balaban J connectivity index is 1.93. The fourth-order valence-corrected chi connectivity index (χ4v) is 2.79. The number of aryl methyl sites for hydroxylation is 1. The fourth-order valence-electron chi connectivity index (χ4n) is 2.14. The van der Waals surface area contributed by atoms with Gasteiger partial charge in [0.15, 0.2) is 0 Å². The van der Waals surface area contributed by atoms with Gasteiger partial charge in [0.25, 0.3) is 5.78 Å². The lowest BCUT2D eigenvalue weighted by molar-refractivity contribution is 0.679. The number of rotatable bonds is 3. The van der Waals surface area contributed by atoms with E-state index >= 15 is 0 Å². The summed E-state index contributed by atoms with van der Waals surface area (Å²) in [5.74, 6) is 0.589. The van der Waals surface area contributed by atoms with Crippen LogP contribution in [0.15, 0.2) is 41.7 Å². The molecule has 0 spiro atoms. The molecule has 0 bridgehead atoms. The molecule has 0 saturated carbocycles. The van der Waals surface area contributed by atoms with Gasteiger partial charge in [-0.05, 0) is 30.2 Å². The summed E-state index contributed by atoms with van der Waals surface area (Å²) >= 11 is 0. The van der Waals surface area contributed by atoms with Gasteiger partial charge in [-0.15, -0.1) is 0 Å². The van der Waals surface area contributed by atoms with Crippen molar-refractivity contribution in [3.8, 4) is 0 Å². The summed E-state index contributed by atoms with van der Waals surface area (Å²) in [6.45, 7) is 1.95. The Bertz CT molecular complexity index is 897. The topological polar surface area (TPSA) is 84.0 Å². The van der Waals surface area contributed by atoms with Gasteiger partial charge in [-0.1, -0.05) is 12.1 Å². The maximum absolute atomic E-state index is 11.7. The summed E-state index contributed by atoms with van der Waals surface area (Å²) in [4.78, 5) is 9.01. The number of hydrogen-bond acceptors (Lipinski definition) is 5. The van der Waals surface area contributed by atoms with Crippen LogP contribution in [0.3, 0.4) is 0 Å². The molecule has 7 heteroatoms. The highest BCUT2D eigenvalue weighted by Gasteiger charge is 2.07. The Morgan fingerprint density at radius 3 is 2.67 bits per heavy atom. The van der Waals surface area contributed by atoms with Crippen LogP contribution in [-0.2, 0) is 16.1 Å². The van der Waals surface area contributed by atoms with Crippen molar-refractivity contribution in [3.05, 3.63) is 53.6 Å². The van der Waals surface area contributed by atoms with E-state index in [1.807, 2.05) is 25.3 Å². The molecule has 21 heavy (non-hydrogen) atoms. The minimum absolute atomic E-state index is 0.549. The first-order chi connectivity index (χ1) is 9.93. The van der Waals surface area contributed by atoms with Gasteiger partial charge in [0.1, 0.15) is 6.33 Å². The van der Waals surface area contributed by atoms with E-state index in [-0.39, 0.29) is 0 Å². The van der Waals surface area contributed by atoms with Crippen LogP contribution in [0.4, 0.5) is 0 Å². The Kier molecular flexibility index (Phi) is 3.21. The van der Waals surface area contributed by atoms with Crippen molar-refractivity contribution in [2.24, 2.45) is 0 Å². The van der Waals surface area contributed by atoms with E-state index in [1.54, 1.807) is 16.6 Å². The van der Waals surface area contributed by atoms with Crippen molar-refractivity contribution in [1.82, 2.24) is 19.6 Å². The Morgan fingerprint density at radius 2 is 2.00 bits per heavy atom. The molecular weight excluding hydrogens is 286 g/mol. The molecule has 0 radical (unpaired) electrons. The first-order valence-electron chi connectivity index (χ1n) is 6.42. The number of aromatic nitrogens is 4. The minimum atomic E-state index is -2.66. The Labute approximate surface area is 122 Å². The summed E-state index contributed by atoms with van der Waals surface area (Å²) in [5.41, 5.74) is 3.05. The van der Waals surface area contributed by atoms with Crippen LogP contribution in [0.25, 0.3) is 5.78 Å². The van der Waals surface area contributed by atoms with E-state index < -0.39 is 9.73 Å². The summed E-state index contributed by atoms with van der Waals surface area (Å²) in [7, 11) is -2.66. The van der Waals surface area contributed by atoms with Crippen molar-refractivity contribution >= 4 is 15.5 Å². The Hall–Kier alpha value is -2.28. The molecule has 1 atom stereocenters. The number of hydrogen-bond donors (Lipinski definition) is 1. The van der Waals surface area contributed by atoms with Gasteiger partial charge < -0.3 is 0 Å².